The van der Waals surface area contributed by atoms with Crippen molar-refractivity contribution in [3.63, 3.8) is 0 Å². The second-order valence-electron chi connectivity index (χ2n) is 3.41. The minimum absolute atomic E-state index is 0.0648. The first kappa shape index (κ1) is 17.2. The largest absolute Gasteiger partial charge is 0.496 e. The molecule has 1 atom stereocenters. The van der Waals surface area contributed by atoms with E-state index >= 15 is 0 Å². The molecular weight excluding hydrogens is 252 g/mol. The van der Waals surface area contributed by atoms with Gasteiger partial charge in [-0.05, 0) is 26.0 Å². The second kappa shape index (κ2) is 10.2. The van der Waals surface area contributed by atoms with E-state index in [-0.39, 0.29) is 6.29 Å². The molecule has 5 heteroatoms. The molecule has 1 unspecified atom stereocenters. The Morgan fingerprint density at radius 1 is 1.06 bits per heavy atom. The highest BCUT2D eigenvalue weighted by Crippen LogP contribution is 2.30. The SMILES string of the molecule is COC(C)OC.COc1ccccc1SC(C)O. The molecule has 0 amide bonds. The Labute approximate surface area is 113 Å². The number of hydrogen-bond donors (Lipinski definition) is 1. The van der Waals surface area contributed by atoms with Gasteiger partial charge in [0.15, 0.2) is 6.29 Å². The molecule has 0 saturated heterocycles. The molecule has 0 fully saturated rings. The van der Waals surface area contributed by atoms with Crippen LogP contribution in [0.4, 0.5) is 0 Å². The topological polar surface area (TPSA) is 47.9 Å². The van der Waals surface area contributed by atoms with Crippen molar-refractivity contribution < 1.29 is 19.3 Å². The van der Waals surface area contributed by atoms with Crippen LogP contribution in [0, 0.1) is 0 Å². The van der Waals surface area contributed by atoms with Crippen LogP contribution in [0.3, 0.4) is 0 Å². The van der Waals surface area contributed by atoms with Crippen molar-refractivity contribution in [1.82, 2.24) is 0 Å². The van der Waals surface area contributed by atoms with Crippen molar-refractivity contribution in [2.75, 3.05) is 21.3 Å². The Hall–Kier alpha value is -0.750. The quantitative estimate of drug-likeness (QED) is 0.661. The van der Waals surface area contributed by atoms with E-state index in [0.29, 0.717) is 0 Å². The number of benzene rings is 1. The van der Waals surface area contributed by atoms with E-state index in [1.807, 2.05) is 31.2 Å². The van der Waals surface area contributed by atoms with Gasteiger partial charge in [0, 0.05) is 14.2 Å². The van der Waals surface area contributed by atoms with Crippen LogP contribution in [0.5, 0.6) is 5.75 Å². The standard InChI is InChI=1S/C9H12O2S.C4H10O2/c1-7(10)12-9-6-4-3-5-8(9)11-2;1-4(5-2)6-3/h3-7,10H,1-2H3;4H,1-3H3. The first-order chi connectivity index (χ1) is 8.54. The molecule has 18 heavy (non-hydrogen) atoms. The zero-order chi connectivity index (χ0) is 14.0. The molecule has 0 saturated carbocycles. The average molecular weight is 274 g/mol. The number of thioether (sulfide) groups is 1. The summed E-state index contributed by atoms with van der Waals surface area (Å²) in [7, 11) is 4.84. The Bertz CT molecular complexity index is 314. The molecule has 0 aliphatic rings. The molecule has 1 aromatic rings. The van der Waals surface area contributed by atoms with Gasteiger partial charge in [-0.1, -0.05) is 23.9 Å². The summed E-state index contributed by atoms with van der Waals surface area (Å²) in [6, 6.07) is 7.64. The number of ether oxygens (including phenoxy) is 3. The summed E-state index contributed by atoms with van der Waals surface area (Å²) in [5.41, 5.74) is -0.402. The van der Waals surface area contributed by atoms with Crippen molar-refractivity contribution >= 4 is 11.8 Å². The summed E-state index contributed by atoms with van der Waals surface area (Å²) in [4.78, 5) is 0.968. The maximum atomic E-state index is 9.13. The van der Waals surface area contributed by atoms with Gasteiger partial charge in [-0.2, -0.15) is 0 Å². The van der Waals surface area contributed by atoms with Gasteiger partial charge in [-0.15, -0.1) is 0 Å². The van der Waals surface area contributed by atoms with Gasteiger partial charge in [0.05, 0.1) is 12.0 Å². The molecular formula is C13H22O4S. The molecule has 0 spiro atoms. The van der Waals surface area contributed by atoms with Crippen molar-refractivity contribution in [3.8, 4) is 5.75 Å². The summed E-state index contributed by atoms with van der Waals surface area (Å²) in [6.07, 6.45) is -0.0648. The van der Waals surface area contributed by atoms with Gasteiger partial charge in [-0.25, -0.2) is 0 Å². The third-order valence-electron chi connectivity index (χ3n) is 2.03. The van der Waals surface area contributed by atoms with Crippen LogP contribution in [0.25, 0.3) is 0 Å². The Balaban J connectivity index is 0.000000411. The first-order valence-corrected chi connectivity index (χ1v) is 6.46. The predicted octanol–water partition coefficient (Wildman–Crippen LogP) is 2.75. The van der Waals surface area contributed by atoms with E-state index in [1.165, 1.54) is 11.8 Å². The number of aliphatic hydroxyl groups excluding tert-OH is 1. The van der Waals surface area contributed by atoms with Crippen molar-refractivity contribution in [3.05, 3.63) is 24.3 Å². The van der Waals surface area contributed by atoms with Crippen LogP contribution >= 0.6 is 11.8 Å². The summed E-state index contributed by atoms with van der Waals surface area (Å²) < 4.78 is 14.5. The molecule has 1 N–H and O–H groups in total. The average Bonchev–Trinajstić information content (AvgIpc) is 2.38. The lowest BCUT2D eigenvalue weighted by molar-refractivity contribution is -0.0877. The number of methoxy groups -OCH3 is 3. The normalized spacial score (nSPS) is 11.7. The van der Waals surface area contributed by atoms with Gasteiger partial charge in [-0.3, -0.25) is 0 Å². The molecule has 1 aromatic carbocycles. The van der Waals surface area contributed by atoms with Gasteiger partial charge in [0.2, 0.25) is 0 Å². The monoisotopic (exact) mass is 274 g/mol. The molecule has 0 heterocycles. The van der Waals surface area contributed by atoms with E-state index in [9.17, 15) is 0 Å². The zero-order valence-corrected chi connectivity index (χ0v) is 12.4. The summed E-state index contributed by atoms with van der Waals surface area (Å²) in [5, 5.41) is 9.13. The summed E-state index contributed by atoms with van der Waals surface area (Å²) >= 11 is 1.38. The van der Waals surface area contributed by atoms with Gasteiger partial charge >= 0.3 is 0 Å². The van der Waals surface area contributed by atoms with Crippen LogP contribution in [0.15, 0.2) is 29.2 Å². The van der Waals surface area contributed by atoms with E-state index in [4.69, 9.17) is 9.84 Å². The van der Waals surface area contributed by atoms with E-state index < -0.39 is 5.44 Å². The first-order valence-electron chi connectivity index (χ1n) is 5.58. The molecule has 0 aromatic heterocycles. The molecule has 1 rings (SSSR count). The summed E-state index contributed by atoms with van der Waals surface area (Å²) in [6.45, 7) is 3.57. The maximum absolute atomic E-state index is 9.13. The van der Waals surface area contributed by atoms with E-state index in [2.05, 4.69) is 9.47 Å². The van der Waals surface area contributed by atoms with Crippen molar-refractivity contribution in [2.24, 2.45) is 0 Å². The highest BCUT2D eigenvalue weighted by molar-refractivity contribution is 7.99. The Morgan fingerprint density at radius 2 is 1.61 bits per heavy atom. The van der Waals surface area contributed by atoms with E-state index in [1.54, 1.807) is 28.3 Å². The van der Waals surface area contributed by atoms with Gasteiger partial charge in [0.25, 0.3) is 0 Å². The van der Waals surface area contributed by atoms with Gasteiger partial charge < -0.3 is 19.3 Å². The molecule has 0 radical (unpaired) electrons. The Kier molecular flexibility index (Phi) is 9.77. The van der Waals surface area contributed by atoms with E-state index in [0.717, 1.165) is 10.6 Å². The van der Waals surface area contributed by atoms with Crippen molar-refractivity contribution in [2.45, 2.75) is 30.5 Å². The fourth-order valence-electron chi connectivity index (χ4n) is 0.996. The van der Waals surface area contributed by atoms with Crippen LogP contribution in [0.1, 0.15) is 13.8 Å². The number of para-hydroxylation sites is 1. The number of hydrogen-bond acceptors (Lipinski definition) is 5. The number of rotatable bonds is 5. The Morgan fingerprint density at radius 3 is 2.00 bits per heavy atom. The molecule has 104 valence electrons. The van der Waals surface area contributed by atoms with Crippen LogP contribution in [-0.2, 0) is 9.47 Å². The lowest BCUT2D eigenvalue weighted by atomic mass is 10.3. The lowest BCUT2D eigenvalue weighted by Crippen LogP contribution is -2.05. The third kappa shape index (κ3) is 7.55. The highest BCUT2D eigenvalue weighted by atomic mass is 32.2. The molecule has 4 nitrogen and oxygen atoms in total. The second-order valence-corrected chi connectivity index (χ2v) is 4.76. The fourth-order valence-corrected chi connectivity index (χ4v) is 1.79. The molecule has 0 aliphatic heterocycles. The smallest absolute Gasteiger partial charge is 0.154 e. The van der Waals surface area contributed by atoms with Gasteiger partial charge in [0.1, 0.15) is 11.2 Å². The number of aliphatic hydroxyl groups is 1. The predicted molar refractivity (Wildman–Crippen MR) is 74.0 cm³/mol. The summed E-state index contributed by atoms with van der Waals surface area (Å²) in [5.74, 6) is 0.809. The third-order valence-corrected chi connectivity index (χ3v) is 2.96. The minimum atomic E-state index is -0.402. The molecule has 0 aliphatic carbocycles. The lowest BCUT2D eigenvalue weighted by Gasteiger charge is -2.08. The van der Waals surface area contributed by atoms with Crippen LogP contribution < -0.4 is 4.74 Å². The fraction of sp³-hybridized carbons (Fsp3) is 0.538. The molecule has 0 bridgehead atoms. The van der Waals surface area contributed by atoms with Crippen molar-refractivity contribution in [1.29, 1.82) is 0 Å². The van der Waals surface area contributed by atoms with Crippen LogP contribution in [-0.4, -0.2) is 38.2 Å². The highest BCUT2D eigenvalue weighted by Gasteiger charge is 2.04. The zero-order valence-electron chi connectivity index (χ0n) is 11.5. The van der Waals surface area contributed by atoms with Crippen LogP contribution in [0.2, 0.25) is 0 Å². The maximum Gasteiger partial charge on any atom is 0.154 e. The minimum Gasteiger partial charge on any atom is -0.496 e.